The second-order valence-electron chi connectivity index (χ2n) is 4.69. The molecule has 0 aliphatic carbocycles. The van der Waals surface area contributed by atoms with Crippen LogP contribution in [0.4, 0.5) is 11.5 Å². The number of nitrogens with two attached hydrogens (primary N) is 1. The molecule has 1 heterocycles. The zero-order valence-corrected chi connectivity index (χ0v) is 12.2. The lowest BCUT2D eigenvalue weighted by molar-refractivity contribution is 0.0526. The molecule has 1 unspecified atom stereocenters. The van der Waals surface area contributed by atoms with Crippen molar-refractivity contribution in [3.63, 3.8) is 0 Å². The Bertz CT molecular complexity index is 594. The van der Waals surface area contributed by atoms with Crippen LogP contribution in [0.5, 0.6) is 0 Å². The van der Waals surface area contributed by atoms with Crippen LogP contribution < -0.4 is 11.1 Å². The normalized spacial score (nSPS) is 11.7. The molecule has 110 valence electrons. The Labute approximate surface area is 124 Å². The largest absolute Gasteiger partial charge is 0.462 e. The van der Waals surface area contributed by atoms with E-state index in [4.69, 9.17) is 10.5 Å². The zero-order valence-electron chi connectivity index (χ0n) is 12.2. The minimum absolute atomic E-state index is 0.0894. The van der Waals surface area contributed by atoms with Gasteiger partial charge in [0, 0.05) is 17.9 Å². The van der Waals surface area contributed by atoms with Gasteiger partial charge in [0.25, 0.3) is 0 Å². The summed E-state index contributed by atoms with van der Waals surface area (Å²) in [5, 5.41) is 3.27. The Kier molecular flexibility index (Phi) is 4.77. The van der Waals surface area contributed by atoms with E-state index in [0.717, 1.165) is 11.3 Å². The highest BCUT2D eigenvalue weighted by Crippen LogP contribution is 2.19. The number of pyridine rings is 1. The number of aromatic nitrogens is 1. The highest BCUT2D eigenvalue weighted by molar-refractivity contribution is 5.89. The van der Waals surface area contributed by atoms with Gasteiger partial charge >= 0.3 is 5.97 Å². The van der Waals surface area contributed by atoms with Gasteiger partial charge in [0.2, 0.25) is 0 Å². The van der Waals surface area contributed by atoms with E-state index in [0.29, 0.717) is 18.0 Å². The minimum atomic E-state index is -0.358. The Morgan fingerprint density at radius 1 is 1.29 bits per heavy atom. The van der Waals surface area contributed by atoms with Crippen LogP contribution >= 0.6 is 0 Å². The van der Waals surface area contributed by atoms with E-state index in [-0.39, 0.29) is 12.0 Å². The number of benzene rings is 1. The lowest BCUT2D eigenvalue weighted by Crippen LogP contribution is -2.09. The molecule has 1 aromatic heterocycles. The standard InChI is InChI=1S/C16H19N3O2/c1-3-21-16(20)13-6-9-15(18-10-13)19-11(2)12-4-7-14(17)8-5-12/h4-11H,3,17H2,1-2H3,(H,18,19). The molecule has 0 bridgehead atoms. The molecule has 0 saturated carbocycles. The van der Waals surface area contributed by atoms with Crippen LogP contribution in [0.2, 0.25) is 0 Å². The molecule has 3 N–H and O–H groups in total. The average Bonchev–Trinajstić information content (AvgIpc) is 2.49. The monoisotopic (exact) mass is 285 g/mol. The van der Waals surface area contributed by atoms with Gasteiger partial charge in [-0.15, -0.1) is 0 Å². The molecule has 0 aliphatic heterocycles. The fourth-order valence-corrected chi connectivity index (χ4v) is 1.90. The van der Waals surface area contributed by atoms with Crippen LogP contribution in [0, 0.1) is 0 Å². The lowest BCUT2D eigenvalue weighted by atomic mass is 10.1. The summed E-state index contributed by atoms with van der Waals surface area (Å²) in [5.41, 5.74) is 7.97. The molecule has 5 heteroatoms. The molecule has 1 aromatic carbocycles. The van der Waals surface area contributed by atoms with E-state index in [1.165, 1.54) is 6.20 Å². The first-order valence-corrected chi connectivity index (χ1v) is 6.85. The number of nitrogens with zero attached hydrogens (tertiary/aromatic N) is 1. The maximum atomic E-state index is 11.5. The Morgan fingerprint density at radius 2 is 2.00 bits per heavy atom. The summed E-state index contributed by atoms with van der Waals surface area (Å²) >= 11 is 0. The fraction of sp³-hybridized carbons (Fsp3) is 0.250. The van der Waals surface area contributed by atoms with Crippen LogP contribution in [-0.4, -0.2) is 17.6 Å². The van der Waals surface area contributed by atoms with Gasteiger partial charge in [0.1, 0.15) is 5.82 Å². The smallest absolute Gasteiger partial charge is 0.339 e. The third-order valence-electron chi connectivity index (χ3n) is 3.08. The van der Waals surface area contributed by atoms with E-state index >= 15 is 0 Å². The molecular formula is C16H19N3O2. The molecule has 1 atom stereocenters. The Balaban J connectivity index is 2.02. The molecule has 0 radical (unpaired) electrons. The maximum absolute atomic E-state index is 11.5. The predicted octanol–water partition coefficient (Wildman–Crippen LogP) is 3.01. The average molecular weight is 285 g/mol. The number of ether oxygens (including phenoxy) is 1. The van der Waals surface area contributed by atoms with Crippen molar-refractivity contribution < 1.29 is 9.53 Å². The summed E-state index contributed by atoms with van der Waals surface area (Å²) < 4.78 is 4.92. The number of nitrogens with one attached hydrogen (secondary N) is 1. The second-order valence-corrected chi connectivity index (χ2v) is 4.69. The van der Waals surface area contributed by atoms with E-state index < -0.39 is 0 Å². The lowest BCUT2D eigenvalue weighted by Gasteiger charge is -2.15. The molecule has 0 amide bonds. The zero-order chi connectivity index (χ0) is 15.2. The number of hydrogen-bond donors (Lipinski definition) is 2. The first-order chi connectivity index (χ1) is 10.1. The Morgan fingerprint density at radius 3 is 2.57 bits per heavy atom. The van der Waals surface area contributed by atoms with Crippen LogP contribution in [0.1, 0.15) is 35.8 Å². The van der Waals surface area contributed by atoms with E-state index in [9.17, 15) is 4.79 Å². The fourth-order valence-electron chi connectivity index (χ4n) is 1.90. The third kappa shape index (κ3) is 3.95. The summed E-state index contributed by atoms with van der Waals surface area (Å²) in [6.45, 7) is 4.16. The number of hydrogen-bond acceptors (Lipinski definition) is 5. The van der Waals surface area contributed by atoms with E-state index in [1.807, 2.05) is 31.2 Å². The van der Waals surface area contributed by atoms with Gasteiger partial charge in [0.15, 0.2) is 0 Å². The molecule has 5 nitrogen and oxygen atoms in total. The third-order valence-corrected chi connectivity index (χ3v) is 3.08. The van der Waals surface area contributed by atoms with Gasteiger partial charge in [-0.3, -0.25) is 0 Å². The minimum Gasteiger partial charge on any atom is -0.462 e. The number of carbonyl (C=O) groups excluding carboxylic acids is 1. The number of carbonyl (C=O) groups is 1. The van der Waals surface area contributed by atoms with Crippen molar-refractivity contribution in [1.29, 1.82) is 0 Å². The van der Waals surface area contributed by atoms with Crippen LogP contribution in [0.3, 0.4) is 0 Å². The molecule has 2 aromatic rings. The van der Waals surface area contributed by atoms with Crippen molar-refractivity contribution >= 4 is 17.5 Å². The topological polar surface area (TPSA) is 77.2 Å². The van der Waals surface area contributed by atoms with E-state index in [1.54, 1.807) is 19.1 Å². The van der Waals surface area contributed by atoms with Crippen LogP contribution in [0.15, 0.2) is 42.6 Å². The van der Waals surface area contributed by atoms with Crippen LogP contribution in [0.25, 0.3) is 0 Å². The number of nitrogen functional groups attached to an aromatic ring is 1. The van der Waals surface area contributed by atoms with Gasteiger partial charge in [-0.1, -0.05) is 12.1 Å². The van der Waals surface area contributed by atoms with Crippen molar-refractivity contribution in [1.82, 2.24) is 4.98 Å². The van der Waals surface area contributed by atoms with Gasteiger partial charge in [-0.25, -0.2) is 9.78 Å². The van der Waals surface area contributed by atoms with Crippen molar-refractivity contribution in [3.05, 3.63) is 53.7 Å². The second kappa shape index (κ2) is 6.74. The highest BCUT2D eigenvalue weighted by atomic mass is 16.5. The molecule has 0 aliphatic rings. The highest BCUT2D eigenvalue weighted by Gasteiger charge is 2.09. The summed E-state index contributed by atoms with van der Waals surface area (Å²) in [4.78, 5) is 15.8. The molecule has 0 fully saturated rings. The van der Waals surface area contributed by atoms with Crippen molar-refractivity contribution in [2.75, 3.05) is 17.7 Å². The molecule has 0 saturated heterocycles. The van der Waals surface area contributed by atoms with Crippen LogP contribution in [-0.2, 0) is 4.74 Å². The van der Waals surface area contributed by atoms with Gasteiger partial charge in [-0.2, -0.15) is 0 Å². The summed E-state index contributed by atoms with van der Waals surface area (Å²) in [6.07, 6.45) is 1.51. The Hall–Kier alpha value is -2.56. The molecular weight excluding hydrogens is 266 g/mol. The molecule has 21 heavy (non-hydrogen) atoms. The molecule has 0 spiro atoms. The quantitative estimate of drug-likeness (QED) is 0.652. The summed E-state index contributed by atoms with van der Waals surface area (Å²) in [5.74, 6) is 0.343. The van der Waals surface area contributed by atoms with Crippen molar-refractivity contribution in [3.8, 4) is 0 Å². The van der Waals surface area contributed by atoms with Crippen molar-refractivity contribution in [2.45, 2.75) is 19.9 Å². The maximum Gasteiger partial charge on any atom is 0.339 e. The summed E-state index contributed by atoms with van der Waals surface area (Å²) in [6, 6.07) is 11.2. The number of esters is 1. The summed E-state index contributed by atoms with van der Waals surface area (Å²) in [7, 11) is 0. The first-order valence-electron chi connectivity index (χ1n) is 6.85. The van der Waals surface area contributed by atoms with Gasteiger partial charge in [-0.05, 0) is 43.7 Å². The van der Waals surface area contributed by atoms with Gasteiger partial charge in [0.05, 0.1) is 12.2 Å². The number of anilines is 2. The predicted molar refractivity (Wildman–Crippen MR) is 83.1 cm³/mol. The SMILES string of the molecule is CCOC(=O)c1ccc(NC(C)c2ccc(N)cc2)nc1. The van der Waals surface area contributed by atoms with Gasteiger partial charge < -0.3 is 15.8 Å². The molecule has 2 rings (SSSR count). The van der Waals surface area contributed by atoms with E-state index in [2.05, 4.69) is 10.3 Å². The first kappa shape index (κ1) is 14.8. The van der Waals surface area contributed by atoms with Crippen molar-refractivity contribution in [2.24, 2.45) is 0 Å². The number of rotatable bonds is 5.